The highest BCUT2D eigenvalue weighted by Gasteiger charge is 2.22. The maximum absolute atomic E-state index is 12.5. The molecule has 0 atom stereocenters. The molecule has 1 N–H and O–H groups in total. The minimum atomic E-state index is 0.0225. The van der Waals surface area contributed by atoms with Crippen LogP contribution in [-0.4, -0.2) is 16.6 Å². The summed E-state index contributed by atoms with van der Waals surface area (Å²) in [5, 5.41) is 9.84. The Kier molecular flexibility index (Phi) is 3.55. The van der Waals surface area contributed by atoms with Crippen LogP contribution in [0.5, 0.6) is 5.75 Å². The smallest absolute Gasteiger partial charge is 0.191 e. The molecule has 0 aliphatic carbocycles. The average molecular weight is 303 g/mol. The second-order valence-corrected chi connectivity index (χ2v) is 5.97. The summed E-state index contributed by atoms with van der Waals surface area (Å²) in [7, 11) is 0. The second kappa shape index (κ2) is 5.35. The topological polar surface area (TPSA) is 37.3 Å². The van der Waals surface area contributed by atoms with Crippen molar-refractivity contribution < 1.29 is 9.90 Å². The number of hydrogen-bond donors (Lipinski definition) is 1. The largest absolute Gasteiger partial charge is 0.508 e. The summed E-state index contributed by atoms with van der Waals surface area (Å²) in [6.45, 7) is 0. The van der Waals surface area contributed by atoms with Crippen molar-refractivity contribution >= 4 is 35.2 Å². The van der Waals surface area contributed by atoms with Crippen LogP contribution in [0.25, 0.3) is 6.08 Å². The summed E-state index contributed by atoms with van der Waals surface area (Å²) >= 11 is 7.59. The van der Waals surface area contributed by atoms with Gasteiger partial charge in [0.05, 0.1) is 0 Å². The number of carbonyl (C=O) groups is 1. The van der Waals surface area contributed by atoms with Gasteiger partial charge in [-0.3, -0.25) is 4.79 Å². The Labute approximate surface area is 126 Å². The molecule has 100 valence electrons. The van der Waals surface area contributed by atoms with E-state index in [2.05, 4.69) is 0 Å². The van der Waals surface area contributed by atoms with Crippen LogP contribution in [0.3, 0.4) is 0 Å². The molecule has 0 spiro atoms. The van der Waals surface area contributed by atoms with E-state index in [1.54, 1.807) is 48.2 Å². The van der Waals surface area contributed by atoms with E-state index in [0.29, 0.717) is 16.3 Å². The van der Waals surface area contributed by atoms with Crippen LogP contribution in [-0.2, 0) is 0 Å². The van der Waals surface area contributed by atoms with Crippen molar-refractivity contribution in [1.29, 1.82) is 0 Å². The van der Waals surface area contributed by atoms with Gasteiger partial charge in [0.2, 0.25) is 0 Å². The normalized spacial score (nSPS) is 16.2. The lowest BCUT2D eigenvalue weighted by Gasteiger charge is -2.17. The molecule has 0 aromatic heterocycles. The van der Waals surface area contributed by atoms with E-state index >= 15 is 0 Å². The minimum absolute atomic E-state index is 0.0225. The fourth-order valence-corrected chi connectivity index (χ4v) is 3.25. The van der Waals surface area contributed by atoms with E-state index in [1.165, 1.54) is 0 Å². The number of ketones is 1. The molecule has 0 amide bonds. The highest BCUT2D eigenvalue weighted by molar-refractivity contribution is 7.99. The average Bonchev–Trinajstić information content (AvgIpc) is 2.45. The SMILES string of the molecule is O=C1C(=Cc2ccc(O)cc2)CSc2ccc(Cl)cc21. The number of rotatable bonds is 1. The molecule has 2 aromatic carbocycles. The Morgan fingerprint density at radius 1 is 1.15 bits per heavy atom. The van der Waals surface area contributed by atoms with Crippen molar-refractivity contribution in [2.45, 2.75) is 4.90 Å². The number of hydrogen-bond acceptors (Lipinski definition) is 3. The van der Waals surface area contributed by atoms with Crippen LogP contribution in [0.4, 0.5) is 0 Å². The van der Waals surface area contributed by atoms with Gasteiger partial charge in [0.15, 0.2) is 5.78 Å². The fraction of sp³-hybridized carbons (Fsp3) is 0.0625. The van der Waals surface area contributed by atoms with Gasteiger partial charge in [-0.2, -0.15) is 0 Å². The van der Waals surface area contributed by atoms with Crippen molar-refractivity contribution in [2.24, 2.45) is 0 Å². The van der Waals surface area contributed by atoms with Gasteiger partial charge in [-0.1, -0.05) is 23.7 Å². The van der Waals surface area contributed by atoms with E-state index in [9.17, 15) is 9.90 Å². The van der Waals surface area contributed by atoms with E-state index in [4.69, 9.17) is 11.6 Å². The van der Waals surface area contributed by atoms with Gasteiger partial charge in [0, 0.05) is 26.8 Å². The van der Waals surface area contributed by atoms with Gasteiger partial charge in [0.1, 0.15) is 5.75 Å². The Balaban J connectivity index is 1.97. The quantitative estimate of drug-likeness (QED) is 0.792. The molecule has 0 fully saturated rings. The van der Waals surface area contributed by atoms with Gasteiger partial charge in [-0.15, -0.1) is 11.8 Å². The number of Topliss-reactive ketones (excluding diaryl/α,β-unsaturated/α-hetero) is 1. The van der Waals surface area contributed by atoms with E-state index in [1.807, 2.05) is 12.1 Å². The van der Waals surface area contributed by atoms with Crippen molar-refractivity contribution in [1.82, 2.24) is 0 Å². The van der Waals surface area contributed by atoms with Crippen LogP contribution in [0, 0.1) is 0 Å². The molecule has 1 aliphatic rings. The number of aromatic hydroxyl groups is 1. The van der Waals surface area contributed by atoms with Gasteiger partial charge < -0.3 is 5.11 Å². The van der Waals surface area contributed by atoms with E-state index in [0.717, 1.165) is 16.0 Å². The zero-order valence-electron chi connectivity index (χ0n) is 10.5. The summed E-state index contributed by atoms with van der Waals surface area (Å²) in [4.78, 5) is 13.4. The predicted molar refractivity (Wildman–Crippen MR) is 82.6 cm³/mol. The molecule has 4 heteroatoms. The summed E-state index contributed by atoms with van der Waals surface area (Å²) in [6, 6.07) is 12.2. The maximum atomic E-state index is 12.5. The lowest BCUT2D eigenvalue weighted by Crippen LogP contribution is -2.12. The van der Waals surface area contributed by atoms with E-state index in [-0.39, 0.29) is 11.5 Å². The number of phenols is 1. The Bertz CT molecular complexity index is 705. The first-order chi connectivity index (χ1) is 9.63. The Morgan fingerprint density at radius 3 is 2.65 bits per heavy atom. The molecular formula is C16H11ClO2S. The standard InChI is InChI=1S/C16H11ClO2S/c17-12-3-6-15-14(8-12)16(19)11(9-20-15)7-10-1-4-13(18)5-2-10/h1-8,18H,9H2. The van der Waals surface area contributed by atoms with Crippen molar-refractivity contribution in [3.8, 4) is 5.75 Å². The van der Waals surface area contributed by atoms with Gasteiger partial charge in [-0.05, 0) is 42.0 Å². The van der Waals surface area contributed by atoms with Crippen LogP contribution in [0.15, 0.2) is 52.9 Å². The fourth-order valence-electron chi connectivity index (χ4n) is 2.08. The van der Waals surface area contributed by atoms with Crippen LogP contribution in [0.1, 0.15) is 15.9 Å². The third-order valence-corrected chi connectivity index (χ3v) is 4.45. The molecule has 3 rings (SSSR count). The van der Waals surface area contributed by atoms with Gasteiger partial charge in [0.25, 0.3) is 0 Å². The molecule has 0 bridgehead atoms. The van der Waals surface area contributed by atoms with Crippen LogP contribution >= 0.6 is 23.4 Å². The van der Waals surface area contributed by atoms with Gasteiger partial charge in [-0.25, -0.2) is 0 Å². The Hall–Kier alpha value is -1.71. The highest BCUT2D eigenvalue weighted by atomic mass is 35.5. The van der Waals surface area contributed by atoms with Crippen molar-refractivity contribution in [3.05, 3.63) is 64.2 Å². The molecule has 0 radical (unpaired) electrons. The number of fused-ring (bicyclic) bond motifs is 1. The third kappa shape index (κ3) is 2.60. The molecular weight excluding hydrogens is 292 g/mol. The Morgan fingerprint density at radius 2 is 1.90 bits per heavy atom. The summed E-state index contributed by atoms with van der Waals surface area (Å²) < 4.78 is 0. The molecule has 0 saturated carbocycles. The lowest BCUT2D eigenvalue weighted by molar-refractivity contribution is 0.103. The van der Waals surface area contributed by atoms with E-state index < -0.39 is 0 Å². The molecule has 20 heavy (non-hydrogen) atoms. The number of benzene rings is 2. The summed E-state index contributed by atoms with van der Waals surface area (Å²) in [5.74, 6) is 0.886. The van der Waals surface area contributed by atoms with Crippen LogP contribution < -0.4 is 0 Å². The monoisotopic (exact) mass is 302 g/mol. The lowest BCUT2D eigenvalue weighted by atomic mass is 10.0. The van der Waals surface area contributed by atoms with Crippen LogP contribution in [0.2, 0.25) is 5.02 Å². The molecule has 1 heterocycles. The second-order valence-electron chi connectivity index (χ2n) is 4.52. The third-order valence-electron chi connectivity index (χ3n) is 3.10. The molecule has 0 unspecified atom stereocenters. The number of halogens is 1. The number of carbonyl (C=O) groups excluding carboxylic acids is 1. The predicted octanol–water partition coefficient (Wildman–Crippen LogP) is 4.42. The minimum Gasteiger partial charge on any atom is -0.508 e. The van der Waals surface area contributed by atoms with Gasteiger partial charge >= 0.3 is 0 Å². The molecule has 1 aliphatic heterocycles. The molecule has 2 nitrogen and oxygen atoms in total. The van der Waals surface area contributed by atoms with Crippen molar-refractivity contribution in [3.63, 3.8) is 0 Å². The zero-order chi connectivity index (χ0) is 14.1. The number of phenolic OH excluding ortho intramolecular Hbond substituents is 1. The molecule has 0 saturated heterocycles. The highest BCUT2D eigenvalue weighted by Crippen LogP contribution is 2.34. The number of thioether (sulfide) groups is 1. The first kappa shape index (κ1) is 13.3. The molecule has 2 aromatic rings. The summed E-state index contributed by atoms with van der Waals surface area (Å²) in [6.07, 6.45) is 1.86. The summed E-state index contributed by atoms with van der Waals surface area (Å²) in [5.41, 5.74) is 2.31. The maximum Gasteiger partial charge on any atom is 0.191 e. The first-order valence-electron chi connectivity index (χ1n) is 6.10. The van der Waals surface area contributed by atoms with Crippen molar-refractivity contribution in [2.75, 3.05) is 5.75 Å². The zero-order valence-corrected chi connectivity index (χ0v) is 12.0. The first-order valence-corrected chi connectivity index (χ1v) is 7.46.